The number of amides is 1. The third kappa shape index (κ3) is 3.98. The lowest BCUT2D eigenvalue weighted by molar-refractivity contribution is -0.126. The zero-order chi connectivity index (χ0) is 15.2. The van der Waals surface area contributed by atoms with E-state index >= 15 is 0 Å². The van der Waals surface area contributed by atoms with Crippen LogP contribution in [0, 0.1) is 5.92 Å². The molecule has 1 aliphatic heterocycles. The van der Waals surface area contributed by atoms with Crippen molar-refractivity contribution in [3.63, 3.8) is 0 Å². The first-order chi connectivity index (χ1) is 10.8. The zero-order valence-corrected chi connectivity index (χ0v) is 12.7. The smallest absolute Gasteiger partial charge is 0.223 e. The average molecular weight is 298 g/mol. The lowest BCUT2D eigenvalue weighted by Crippen LogP contribution is -2.40. The van der Waals surface area contributed by atoms with E-state index in [0.717, 1.165) is 38.2 Å². The van der Waals surface area contributed by atoms with E-state index in [1.54, 1.807) is 6.26 Å². The van der Waals surface area contributed by atoms with Crippen molar-refractivity contribution in [3.05, 3.63) is 60.1 Å². The third-order valence-electron chi connectivity index (χ3n) is 4.22. The molecule has 0 radical (unpaired) electrons. The van der Waals surface area contributed by atoms with Gasteiger partial charge >= 0.3 is 0 Å². The Balaban J connectivity index is 1.42. The van der Waals surface area contributed by atoms with Gasteiger partial charge in [0, 0.05) is 12.5 Å². The van der Waals surface area contributed by atoms with Crippen LogP contribution in [0.4, 0.5) is 0 Å². The van der Waals surface area contributed by atoms with Crippen LogP contribution >= 0.6 is 0 Å². The summed E-state index contributed by atoms with van der Waals surface area (Å²) < 4.78 is 5.23. The SMILES string of the molecule is O=C(NCc1ccco1)C1CCN(Cc2ccccc2)CC1. The summed E-state index contributed by atoms with van der Waals surface area (Å²) in [6.45, 7) is 3.42. The van der Waals surface area contributed by atoms with Crippen molar-refractivity contribution in [2.24, 2.45) is 5.92 Å². The normalized spacial score (nSPS) is 16.5. The van der Waals surface area contributed by atoms with Crippen molar-refractivity contribution in [3.8, 4) is 0 Å². The van der Waals surface area contributed by atoms with Gasteiger partial charge in [0.15, 0.2) is 0 Å². The number of nitrogens with one attached hydrogen (secondary N) is 1. The lowest BCUT2D eigenvalue weighted by atomic mass is 9.95. The van der Waals surface area contributed by atoms with E-state index in [-0.39, 0.29) is 11.8 Å². The standard InChI is InChI=1S/C18H22N2O2/c21-18(19-13-17-7-4-12-22-17)16-8-10-20(11-9-16)14-15-5-2-1-3-6-15/h1-7,12,16H,8-11,13-14H2,(H,19,21). The molecule has 2 heterocycles. The van der Waals surface area contributed by atoms with Crippen LogP contribution in [-0.4, -0.2) is 23.9 Å². The Morgan fingerprint density at radius 2 is 1.91 bits per heavy atom. The van der Waals surface area contributed by atoms with Crippen LogP contribution in [-0.2, 0) is 17.9 Å². The predicted molar refractivity (Wildman–Crippen MR) is 85.0 cm³/mol. The quantitative estimate of drug-likeness (QED) is 0.923. The number of rotatable bonds is 5. The van der Waals surface area contributed by atoms with Crippen molar-refractivity contribution in [2.45, 2.75) is 25.9 Å². The fraction of sp³-hybridized carbons (Fsp3) is 0.389. The summed E-state index contributed by atoms with van der Waals surface area (Å²) >= 11 is 0. The number of nitrogens with zero attached hydrogens (tertiary/aromatic N) is 1. The first-order valence-electron chi connectivity index (χ1n) is 7.87. The van der Waals surface area contributed by atoms with Gasteiger partial charge in [-0.3, -0.25) is 9.69 Å². The van der Waals surface area contributed by atoms with E-state index in [1.807, 2.05) is 18.2 Å². The van der Waals surface area contributed by atoms with Gasteiger partial charge in [-0.05, 0) is 43.6 Å². The molecule has 0 bridgehead atoms. The monoisotopic (exact) mass is 298 g/mol. The summed E-state index contributed by atoms with van der Waals surface area (Å²) in [7, 11) is 0. The number of piperidine rings is 1. The molecule has 1 saturated heterocycles. The molecule has 0 atom stereocenters. The van der Waals surface area contributed by atoms with Crippen LogP contribution in [0.15, 0.2) is 53.1 Å². The molecule has 2 aromatic rings. The second-order valence-electron chi connectivity index (χ2n) is 5.83. The first kappa shape index (κ1) is 14.9. The Bertz CT molecular complexity index is 572. The van der Waals surface area contributed by atoms with Gasteiger partial charge in [-0.1, -0.05) is 30.3 Å². The summed E-state index contributed by atoms with van der Waals surface area (Å²) in [5, 5.41) is 2.97. The number of benzene rings is 1. The molecule has 1 aromatic carbocycles. The maximum Gasteiger partial charge on any atom is 0.223 e. The van der Waals surface area contributed by atoms with Crippen molar-refractivity contribution >= 4 is 5.91 Å². The number of hydrogen-bond donors (Lipinski definition) is 1. The Kier molecular flexibility index (Phi) is 4.91. The second kappa shape index (κ2) is 7.27. The molecule has 1 N–H and O–H groups in total. The molecular formula is C18H22N2O2. The molecule has 0 unspecified atom stereocenters. The van der Waals surface area contributed by atoms with E-state index in [0.29, 0.717) is 6.54 Å². The molecular weight excluding hydrogens is 276 g/mol. The summed E-state index contributed by atoms with van der Waals surface area (Å²) in [4.78, 5) is 14.6. The van der Waals surface area contributed by atoms with Crippen LogP contribution in [0.1, 0.15) is 24.2 Å². The highest BCUT2D eigenvalue weighted by molar-refractivity contribution is 5.78. The van der Waals surface area contributed by atoms with Crippen molar-refractivity contribution in [1.29, 1.82) is 0 Å². The number of likely N-dealkylation sites (tertiary alicyclic amines) is 1. The Morgan fingerprint density at radius 3 is 2.59 bits per heavy atom. The van der Waals surface area contributed by atoms with Gasteiger partial charge in [0.1, 0.15) is 5.76 Å². The van der Waals surface area contributed by atoms with Crippen LogP contribution in [0.5, 0.6) is 0 Å². The van der Waals surface area contributed by atoms with Gasteiger partial charge in [-0.25, -0.2) is 0 Å². The molecule has 4 nitrogen and oxygen atoms in total. The predicted octanol–water partition coefficient (Wildman–Crippen LogP) is 2.81. The number of carbonyl (C=O) groups is 1. The molecule has 1 fully saturated rings. The molecule has 3 rings (SSSR count). The van der Waals surface area contributed by atoms with Gasteiger partial charge in [0.25, 0.3) is 0 Å². The highest BCUT2D eigenvalue weighted by atomic mass is 16.3. The fourth-order valence-corrected chi connectivity index (χ4v) is 2.93. The van der Waals surface area contributed by atoms with Crippen molar-refractivity contribution in [1.82, 2.24) is 10.2 Å². The fourth-order valence-electron chi connectivity index (χ4n) is 2.93. The van der Waals surface area contributed by atoms with Crippen LogP contribution in [0.25, 0.3) is 0 Å². The minimum atomic E-state index is 0.127. The highest BCUT2D eigenvalue weighted by Crippen LogP contribution is 2.19. The Hall–Kier alpha value is -2.07. The van der Waals surface area contributed by atoms with Gasteiger partial charge in [-0.15, -0.1) is 0 Å². The molecule has 0 saturated carbocycles. The van der Waals surface area contributed by atoms with E-state index < -0.39 is 0 Å². The van der Waals surface area contributed by atoms with Crippen molar-refractivity contribution in [2.75, 3.05) is 13.1 Å². The largest absolute Gasteiger partial charge is 0.467 e. The molecule has 0 aliphatic carbocycles. The van der Waals surface area contributed by atoms with Crippen LogP contribution < -0.4 is 5.32 Å². The number of furan rings is 1. The maximum atomic E-state index is 12.2. The van der Waals surface area contributed by atoms with E-state index in [4.69, 9.17) is 4.42 Å². The highest BCUT2D eigenvalue weighted by Gasteiger charge is 2.24. The molecule has 1 amide bonds. The molecule has 0 spiro atoms. The summed E-state index contributed by atoms with van der Waals surface area (Å²) in [6.07, 6.45) is 3.48. The van der Waals surface area contributed by atoms with E-state index in [2.05, 4.69) is 34.5 Å². The van der Waals surface area contributed by atoms with E-state index in [9.17, 15) is 4.79 Å². The van der Waals surface area contributed by atoms with Gasteiger partial charge in [0.2, 0.25) is 5.91 Å². The van der Waals surface area contributed by atoms with Crippen LogP contribution in [0.2, 0.25) is 0 Å². The first-order valence-corrected chi connectivity index (χ1v) is 7.87. The Labute approximate surface area is 131 Å². The van der Waals surface area contributed by atoms with E-state index in [1.165, 1.54) is 5.56 Å². The molecule has 1 aliphatic rings. The van der Waals surface area contributed by atoms with Crippen molar-refractivity contribution < 1.29 is 9.21 Å². The molecule has 4 heteroatoms. The zero-order valence-electron chi connectivity index (χ0n) is 12.7. The summed E-state index contributed by atoms with van der Waals surface area (Å²) in [6, 6.07) is 14.2. The second-order valence-corrected chi connectivity index (χ2v) is 5.83. The maximum absolute atomic E-state index is 12.2. The van der Waals surface area contributed by atoms with Gasteiger partial charge in [-0.2, -0.15) is 0 Å². The summed E-state index contributed by atoms with van der Waals surface area (Å²) in [5.41, 5.74) is 1.34. The summed E-state index contributed by atoms with van der Waals surface area (Å²) in [5.74, 6) is 1.08. The van der Waals surface area contributed by atoms with Crippen LogP contribution in [0.3, 0.4) is 0 Å². The minimum absolute atomic E-state index is 0.127. The molecule has 1 aromatic heterocycles. The molecule has 116 valence electrons. The topological polar surface area (TPSA) is 45.5 Å². The molecule has 22 heavy (non-hydrogen) atoms. The Morgan fingerprint density at radius 1 is 1.14 bits per heavy atom. The number of carbonyl (C=O) groups excluding carboxylic acids is 1. The van der Waals surface area contributed by atoms with Gasteiger partial charge in [0.05, 0.1) is 12.8 Å². The average Bonchev–Trinajstić information content (AvgIpc) is 3.08. The minimum Gasteiger partial charge on any atom is -0.467 e. The number of hydrogen-bond acceptors (Lipinski definition) is 3. The van der Waals surface area contributed by atoms with Gasteiger partial charge < -0.3 is 9.73 Å². The third-order valence-corrected chi connectivity index (χ3v) is 4.22. The lowest BCUT2D eigenvalue weighted by Gasteiger charge is -2.31.